The molecule has 1 N–H and O–H groups in total. The van der Waals surface area contributed by atoms with E-state index in [4.69, 9.17) is 16.6 Å². The number of rotatable bonds is 5. The predicted molar refractivity (Wildman–Crippen MR) is 133 cm³/mol. The zero-order valence-electron chi connectivity index (χ0n) is 17.3. The number of nitrogens with zero attached hydrogens (tertiary/aromatic N) is 3. The Morgan fingerprint density at radius 1 is 0.781 bits per heavy atom. The summed E-state index contributed by atoms with van der Waals surface area (Å²) in [6, 6.07) is 28.0. The SMILES string of the molecule is Cc1ccc(-c2ccc(Nc3cccc(-c4csc(-c5ccccc5Cl)n4)c3)nn2)cc1. The Hall–Kier alpha value is -3.54. The number of aromatic nitrogens is 3. The number of thiazole rings is 1. The number of benzene rings is 3. The lowest BCUT2D eigenvalue weighted by atomic mass is 10.1. The van der Waals surface area contributed by atoms with Crippen LogP contribution in [0.2, 0.25) is 5.02 Å². The van der Waals surface area contributed by atoms with Gasteiger partial charge in [0.1, 0.15) is 5.01 Å². The van der Waals surface area contributed by atoms with Gasteiger partial charge in [0.05, 0.1) is 16.4 Å². The molecule has 0 bridgehead atoms. The van der Waals surface area contributed by atoms with Crippen LogP contribution in [0.1, 0.15) is 5.56 Å². The minimum Gasteiger partial charge on any atom is -0.339 e. The zero-order chi connectivity index (χ0) is 21.9. The molecular formula is C26H19ClN4S. The second-order valence-electron chi connectivity index (χ2n) is 7.39. The van der Waals surface area contributed by atoms with E-state index < -0.39 is 0 Å². The summed E-state index contributed by atoms with van der Waals surface area (Å²) < 4.78 is 0. The Labute approximate surface area is 195 Å². The third kappa shape index (κ3) is 4.40. The van der Waals surface area contributed by atoms with Crippen LogP contribution < -0.4 is 5.32 Å². The smallest absolute Gasteiger partial charge is 0.153 e. The van der Waals surface area contributed by atoms with E-state index in [1.54, 1.807) is 11.3 Å². The summed E-state index contributed by atoms with van der Waals surface area (Å²) in [6.45, 7) is 2.07. The Morgan fingerprint density at radius 2 is 1.62 bits per heavy atom. The van der Waals surface area contributed by atoms with E-state index in [0.29, 0.717) is 10.8 Å². The van der Waals surface area contributed by atoms with Crippen molar-refractivity contribution in [1.82, 2.24) is 15.2 Å². The van der Waals surface area contributed by atoms with Gasteiger partial charge in [-0.1, -0.05) is 71.8 Å². The Kier molecular flexibility index (Phi) is 5.67. The molecule has 0 amide bonds. The summed E-state index contributed by atoms with van der Waals surface area (Å²) in [7, 11) is 0. The van der Waals surface area contributed by atoms with Crippen LogP contribution in [0.5, 0.6) is 0 Å². The van der Waals surface area contributed by atoms with E-state index in [0.717, 1.165) is 38.8 Å². The lowest BCUT2D eigenvalue weighted by molar-refractivity contribution is 1.04. The van der Waals surface area contributed by atoms with Gasteiger partial charge in [-0.2, -0.15) is 0 Å². The fourth-order valence-electron chi connectivity index (χ4n) is 3.35. The quantitative estimate of drug-likeness (QED) is 0.296. The lowest BCUT2D eigenvalue weighted by Crippen LogP contribution is -1.96. The maximum Gasteiger partial charge on any atom is 0.153 e. The minimum absolute atomic E-state index is 0.688. The first-order valence-electron chi connectivity index (χ1n) is 10.1. The van der Waals surface area contributed by atoms with Crippen molar-refractivity contribution in [2.24, 2.45) is 0 Å². The molecule has 0 unspecified atom stereocenters. The monoisotopic (exact) mass is 454 g/mol. The number of halogens is 1. The molecule has 4 nitrogen and oxygen atoms in total. The summed E-state index contributed by atoms with van der Waals surface area (Å²) in [5.41, 5.74) is 6.92. The second kappa shape index (κ2) is 8.91. The fourth-order valence-corrected chi connectivity index (χ4v) is 4.50. The number of aryl methyl sites for hydroxylation is 1. The van der Waals surface area contributed by atoms with Gasteiger partial charge in [0.25, 0.3) is 0 Å². The summed E-state index contributed by atoms with van der Waals surface area (Å²) in [5, 5.41) is 15.7. The highest BCUT2D eigenvalue weighted by atomic mass is 35.5. The average molecular weight is 455 g/mol. The Bertz CT molecular complexity index is 1360. The number of anilines is 2. The van der Waals surface area contributed by atoms with Gasteiger partial charge in [0.2, 0.25) is 0 Å². The molecule has 0 atom stereocenters. The summed E-state index contributed by atoms with van der Waals surface area (Å²) in [5.74, 6) is 0.688. The van der Waals surface area contributed by atoms with Crippen molar-refractivity contribution < 1.29 is 0 Å². The van der Waals surface area contributed by atoms with Gasteiger partial charge < -0.3 is 5.32 Å². The normalized spacial score (nSPS) is 10.8. The molecule has 6 heteroatoms. The lowest BCUT2D eigenvalue weighted by Gasteiger charge is -2.07. The van der Waals surface area contributed by atoms with Crippen LogP contribution >= 0.6 is 22.9 Å². The van der Waals surface area contributed by atoms with Gasteiger partial charge in [-0.15, -0.1) is 21.5 Å². The summed E-state index contributed by atoms with van der Waals surface area (Å²) >= 11 is 7.91. The van der Waals surface area contributed by atoms with Crippen molar-refractivity contribution >= 4 is 34.4 Å². The van der Waals surface area contributed by atoms with Crippen LogP contribution in [0.4, 0.5) is 11.5 Å². The van der Waals surface area contributed by atoms with Crippen LogP contribution in [-0.2, 0) is 0 Å². The number of hydrogen-bond acceptors (Lipinski definition) is 5. The molecule has 0 aliphatic heterocycles. The van der Waals surface area contributed by atoms with Gasteiger partial charge in [0, 0.05) is 27.8 Å². The summed E-state index contributed by atoms with van der Waals surface area (Å²) in [6.07, 6.45) is 0. The predicted octanol–water partition coefficient (Wildman–Crippen LogP) is 7.64. The van der Waals surface area contributed by atoms with E-state index in [2.05, 4.69) is 52.8 Å². The van der Waals surface area contributed by atoms with Gasteiger partial charge in [-0.3, -0.25) is 0 Å². The topological polar surface area (TPSA) is 50.7 Å². The zero-order valence-corrected chi connectivity index (χ0v) is 18.9. The molecule has 2 aromatic heterocycles. The molecule has 32 heavy (non-hydrogen) atoms. The third-order valence-electron chi connectivity index (χ3n) is 5.05. The van der Waals surface area contributed by atoms with Crippen molar-refractivity contribution in [1.29, 1.82) is 0 Å². The minimum atomic E-state index is 0.688. The van der Waals surface area contributed by atoms with Crippen molar-refractivity contribution in [2.75, 3.05) is 5.32 Å². The maximum absolute atomic E-state index is 6.33. The molecule has 5 rings (SSSR count). The van der Waals surface area contributed by atoms with Crippen LogP contribution in [0.25, 0.3) is 33.1 Å². The molecule has 2 heterocycles. The molecule has 5 aromatic rings. The van der Waals surface area contributed by atoms with Crippen LogP contribution in [0.3, 0.4) is 0 Å². The molecule has 0 saturated carbocycles. The van der Waals surface area contributed by atoms with E-state index in [9.17, 15) is 0 Å². The first kappa shape index (κ1) is 20.4. The van der Waals surface area contributed by atoms with Crippen LogP contribution in [-0.4, -0.2) is 15.2 Å². The van der Waals surface area contributed by atoms with Gasteiger partial charge in [-0.25, -0.2) is 4.98 Å². The first-order valence-corrected chi connectivity index (χ1v) is 11.4. The maximum atomic E-state index is 6.33. The molecule has 0 saturated heterocycles. The van der Waals surface area contributed by atoms with Crippen LogP contribution in [0.15, 0.2) is 90.3 Å². The van der Waals surface area contributed by atoms with Crippen molar-refractivity contribution in [3.63, 3.8) is 0 Å². The fraction of sp³-hybridized carbons (Fsp3) is 0.0385. The summed E-state index contributed by atoms with van der Waals surface area (Å²) in [4.78, 5) is 4.79. The van der Waals surface area contributed by atoms with Crippen molar-refractivity contribution in [3.8, 4) is 33.1 Å². The van der Waals surface area contributed by atoms with E-state index in [1.807, 2.05) is 60.0 Å². The highest BCUT2D eigenvalue weighted by molar-refractivity contribution is 7.13. The standard InChI is InChI=1S/C26H19ClN4S/c1-17-9-11-18(12-10-17)23-13-14-25(31-30-23)28-20-6-4-5-19(15-20)24-16-32-26(29-24)21-7-2-3-8-22(21)27/h2-16H,1H3,(H,28,31). The van der Waals surface area contributed by atoms with Crippen molar-refractivity contribution in [3.05, 3.63) is 101 Å². The Morgan fingerprint density at radius 3 is 2.41 bits per heavy atom. The molecule has 0 aliphatic rings. The van der Waals surface area contributed by atoms with E-state index >= 15 is 0 Å². The van der Waals surface area contributed by atoms with E-state index in [-0.39, 0.29) is 0 Å². The molecule has 3 aromatic carbocycles. The molecule has 156 valence electrons. The highest BCUT2D eigenvalue weighted by Gasteiger charge is 2.10. The molecular weight excluding hydrogens is 436 g/mol. The largest absolute Gasteiger partial charge is 0.339 e. The van der Waals surface area contributed by atoms with Crippen molar-refractivity contribution in [2.45, 2.75) is 6.92 Å². The second-order valence-corrected chi connectivity index (χ2v) is 8.66. The number of nitrogens with one attached hydrogen (secondary N) is 1. The van der Waals surface area contributed by atoms with Crippen LogP contribution in [0, 0.1) is 6.92 Å². The molecule has 0 fully saturated rings. The van der Waals surface area contributed by atoms with Gasteiger partial charge in [-0.05, 0) is 37.3 Å². The third-order valence-corrected chi connectivity index (χ3v) is 6.26. The van der Waals surface area contributed by atoms with Gasteiger partial charge >= 0.3 is 0 Å². The average Bonchev–Trinajstić information content (AvgIpc) is 3.31. The molecule has 0 radical (unpaired) electrons. The first-order chi connectivity index (χ1) is 15.7. The molecule has 0 spiro atoms. The Balaban J connectivity index is 1.35. The highest BCUT2D eigenvalue weighted by Crippen LogP contribution is 2.33. The molecule has 0 aliphatic carbocycles. The van der Waals surface area contributed by atoms with Gasteiger partial charge in [0.15, 0.2) is 5.82 Å². The van der Waals surface area contributed by atoms with E-state index in [1.165, 1.54) is 5.56 Å². The number of hydrogen-bond donors (Lipinski definition) is 1.